The number of carboxylic acid groups (broad SMARTS) is 1. The standard InChI is InChI=1S/C27H19ClF3N3O3S/c1-14-18(4-3-5-19(14)27(29,30)31)15(2)37-22-11-24(38-25(22)26(35)36)34-13-33-20-10-16(6-8-21(20)34)17-7-9-23(28)32-12-17/h3-13,15H,1-2H3,(H,35,36)/p-1/t15-/m1/s1. The molecule has 3 aromatic heterocycles. The number of hydrogen-bond acceptors (Lipinski definition) is 6. The molecule has 2 aromatic carbocycles. The van der Waals surface area contributed by atoms with Crippen molar-refractivity contribution in [1.29, 1.82) is 0 Å². The molecule has 3 heterocycles. The number of rotatable bonds is 6. The number of halogens is 4. The zero-order chi connectivity index (χ0) is 27.2. The molecule has 0 N–H and O–H groups in total. The zero-order valence-corrected chi connectivity index (χ0v) is 21.5. The van der Waals surface area contributed by atoms with Crippen LogP contribution < -0.4 is 9.84 Å². The Kier molecular flexibility index (Phi) is 6.62. The highest BCUT2D eigenvalue weighted by molar-refractivity contribution is 7.16. The normalized spacial score (nSPS) is 12.6. The van der Waals surface area contributed by atoms with E-state index < -0.39 is 23.8 Å². The number of thiophene rings is 1. The maximum atomic E-state index is 13.4. The van der Waals surface area contributed by atoms with E-state index in [1.54, 1.807) is 30.1 Å². The third kappa shape index (κ3) is 4.84. The molecule has 38 heavy (non-hydrogen) atoms. The Bertz CT molecular complexity index is 1660. The number of alkyl halides is 3. The van der Waals surface area contributed by atoms with E-state index in [9.17, 15) is 23.1 Å². The van der Waals surface area contributed by atoms with Gasteiger partial charge in [0, 0.05) is 17.8 Å². The average Bonchev–Trinajstić information content (AvgIpc) is 3.47. The molecule has 0 bridgehead atoms. The molecule has 0 saturated carbocycles. The van der Waals surface area contributed by atoms with Crippen molar-refractivity contribution in [1.82, 2.24) is 14.5 Å². The molecule has 5 aromatic rings. The van der Waals surface area contributed by atoms with E-state index >= 15 is 0 Å². The molecule has 194 valence electrons. The first-order chi connectivity index (χ1) is 18.0. The molecule has 1 atom stereocenters. The summed E-state index contributed by atoms with van der Waals surface area (Å²) in [6, 6.07) is 14.5. The van der Waals surface area contributed by atoms with E-state index in [0.29, 0.717) is 21.2 Å². The molecule has 0 aliphatic heterocycles. The highest BCUT2D eigenvalue weighted by atomic mass is 35.5. The van der Waals surface area contributed by atoms with E-state index in [1.807, 2.05) is 24.3 Å². The van der Waals surface area contributed by atoms with Crippen LogP contribution in [0.4, 0.5) is 13.2 Å². The van der Waals surface area contributed by atoms with Crippen molar-refractivity contribution in [3.8, 4) is 21.9 Å². The van der Waals surface area contributed by atoms with Crippen LogP contribution >= 0.6 is 22.9 Å². The maximum Gasteiger partial charge on any atom is 0.416 e. The predicted octanol–water partition coefficient (Wildman–Crippen LogP) is 6.63. The summed E-state index contributed by atoms with van der Waals surface area (Å²) in [6.45, 7) is 2.93. The fourth-order valence-electron chi connectivity index (χ4n) is 4.28. The lowest BCUT2D eigenvalue weighted by Crippen LogP contribution is -2.22. The van der Waals surface area contributed by atoms with Gasteiger partial charge in [0.15, 0.2) is 0 Å². The fraction of sp³-hybridized carbons (Fsp3) is 0.148. The Labute approximate surface area is 223 Å². The second kappa shape index (κ2) is 9.77. The number of aromatic carboxylic acids is 1. The van der Waals surface area contributed by atoms with Crippen molar-refractivity contribution in [2.24, 2.45) is 0 Å². The molecular formula is C27H18ClF3N3O3S-. The van der Waals surface area contributed by atoms with Gasteiger partial charge in [-0.3, -0.25) is 4.57 Å². The molecular weight excluding hydrogens is 539 g/mol. The van der Waals surface area contributed by atoms with Gasteiger partial charge in [0.25, 0.3) is 0 Å². The monoisotopic (exact) mass is 556 g/mol. The second-order valence-corrected chi connectivity index (χ2v) is 9.95. The quantitative estimate of drug-likeness (QED) is 0.219. The molecule has 0 radical (unpaired) electrons. The number of hydrogen-bond donors (Lipinski definition) is 0. The predicted molar refractivity (Wildman–Crippen MR) is 137 cm³/mol. The van der Waals surface area contributed by atoms with Gasteiger partial charge < -0.3 is 14.6 Å². The Morgan fingerprint density at radius 1 is 1.11 bits per heavy atom. The van der Waals surface area contributed by atoms with Crippen molar-refractivity contribution in [3.63, 3.8) is 0 Å². The summed E-state index contributed by atoms with van der Waals surface area (Å²) >= 11 is 6.80. The first-order valence-corrected chi connectivity index (χ1v) is 12.5. The summed E-state index contributed by atoms with van der Waals surface area (Å²) in [5.41, 5.74) is 2.67. The SMILES string of the molecule is Cc1c([C@@H](C)Oc2cc(-n3cnc4cc(-c5ccc(Cl)nc5)ccc43)sc2C(=O)[O-])cccc1C(F)(F)F. The topological polar surface area (TPSA) is 80.1 Å². The average molecular weight is 557 g/mol. The highest BCUT2D eigenvalue weighted by Crippen LogP contribution is 2.39. The third-order valence-electron chi connectivity index (χ3n) is 6.14. The van der Waals surface area contributed by atoms with Crippen LogP contribution in [0.5, 0.6) is 5.75 Å². The van der Waals surface area contributed by atoms with Gasteiger partial charge in [-0.2, -0.15) is 13.2 Å². The summed E-state index contributed by atoms with van der Waals surface area (Å²) in [4.78, 5) is 20.3. The Hall–Kier alpha value is -3.89. The molecule has 0 amide bonds. The van der Waals surface area contributed by atoms with E-state index in [-0.39, 0.29) is 16.2 Å². The van der Waals surface area contributed by atoms with Gasteiger partial charge in [0.1, 0.15) is 28.3 Å². The summed E-state index contributed by atoms with van der Waals surface area (Å²) in [5.74, 6) is -1.45. The Morgan fingerprint density at radius 2 is 1.87 bits per heavy atom. The first kappa shape index (κ1) is 25.7. The van der Waals surface area contributed by atoms with Crippen LogP contribution in [0.2, 0.25) is 5.15 Å². The number of carbonyl (C=O) groups excluding carboxylic acids is 1. The zero-order valence-electron chi connectivity index (χ0n) is 19.9. The van der Waals surface area contributed by atoms with Gasteiger partial charge in [0.05, 0.1) is 27.4 Å². The summed E-state index contributed by atoms with van der Waals surface area (Å²) in [7, 11) is 0. The molecule has 0 aliphatic rings. The van der Waals surface area contributed by atoms with Crippen LogP contribution in [-0.2, 0) is 6.18 Å². The van der Waals surface area contributed by atoms with E-state index in [1.165, 1.54) is 25.1 Å². The molecule has 0 saturated heterocycles. The number of ether oxygens (including phenoxy) is 1. The van der Waals surface area contributed by atoms with Crippen LogP contribution in [0.15, 0.2) is 67.1 Å². The smallest absolute Gasteiger partial charge is 0.416 e. The Balaban J connectivity index is 1.48. The number of imidazole rings is 1. The van der Waals surface area contributed by atoms with Crippen molar-refractivity contribution < 1.29 is 27.8 Å². The minimum Gasteiger partial charge on any atom is -0.544 e. The molecule has 0 fully saturated rings. The van der Waals surface area contributed by atoms with Crippen LogP contribution in [0.1, 0.15) is 39.4 Å². The number of carbonyl (C=O) groups is 1. The number of pyridine rings is 1. The van der Waals surface area contributed by atoms with Crippen LogP contribution in [0.25, 0.3) is 27.2 Å². The van der Waals surface area contributed by atoms with Gasteiger partial charge in [-0.05, 0) is 60.9 Å². The van der Waals surface area contributed by atoms with Gasteiger partial charge in [-0.25, -0.2) is 9.97 Å². The number of carboxylic acids is 1. The summed E-state index contributed by atoms with van der Waals surface area (Å²) < 4.78 is 47.7. The van der Waals surface area contributed by atoms with Crippen LogP contribution in [0.3, 0.4) is 0 Å². The van der Waals surface area contributed by atoms with Gasteiger partial charge in [-0.15, -0.1) is 11.3 Å². The Morgan fingerprint density at radius 3 is 2.55 bits per heavy atom. The third-order valence-corrected chi connectivity index (χ3v) is 7.46. The number of nitrogens with zero attached hydrogens (tertiary/aromatic N) is 3. The molecule has 0 aliphatic carbocycles. The minimum atomic E-state index is -4.52. The lowest BCUT2D eigenvalue weighted by atomic mass is 9.98. The lowest BCUT2D eigenvalue weighted by molar-refractivity contribution is -0.254. The highest BCUT2D eigenvalue weighted by Gasteiger charge is 2.33. The second-order valence-electron chi connectivity index (χ2n) is 8.53. The lowest BCUT2D eigenvalue weighted by Gasteiger charge is -2.20. The molecule has 0 spiro atoms. The van der Waals surface area contributed by atoms with Crippen molar-refractivity contribution >= 4 is 39.9 Å². The summed E-state index contributed by atoms with van der Waals surface area (Å²) in [6.07, 6.45) is -2.16. The van der Waals surface area contributed by atoms with Gasteiger partial charge in [0.2, 0.25) is 0 Å². The number of benzene rings is 2. The number of fused-ring (bicyclic) bond motifs is 1. The molecule has 11 heteroatoms. The van der Waals surface area contributed by atoms with Crippen LogP contribution in [-0.4, -0.2) is 20.5 Å². The van der Waals surface area contributed by atoms with E-state index in [2.05, 4.69) is 9.97 Å². The first-order valence-electron chi connectivity index (χ1n) is 11.3. The van der Waals surface area contributed by atoms with Crippen molar-refractivity contribution in [2.45, 2.75) is 26.1 Å². The number of aromatic nitrogens is 3. The summed E-state index contributed by atoms with van der Waals surface area (Å²) in [5, 5.41) is 12.8. The molecule has 0 unspecified atom stereocenters. The van der Waals surface area contributed by atoms with Crippen molar-refractivity contribution in [3.05, 3.63) is 93.8 Å². The fourth-order valence-corrected chi connectivity index (χ4v) is 5.30. The van der Waals surface area contributed by atoms with Gasteiger partial charge in [-0.1, -0.05) is 29.8 Å². The van der Waals surface area contributed by atoms with Gasteiger partial charge >= 0.3 is 6.18 Å². The van der Waals surface area contributed by atoms with E-state index in [0.717, 1.165) is 34.0 Å². The van der Waals surface area contributed by atoms with E-state index in [4.69, 9.17) is 16.3 Å². The molecule has 6 nitrogen and oxygen atoms in total. The largest absolute Gasteiger partial charge is 0.544 e. The maximum absolute atomic E-state index is 13.4. The van der Waals surface area contributed by atoms with Crippen molar-refractivity contribution in [2.75, 3.05) is 0 Å². The molecule has 5 rings (SSSR count). The van der Waals surface area contributed by atoms with Crippen LogP contribution in [0, 0.1) is 6.92 Å². The minimum absolute atomic E-state index is 0.0000190.